The highest BCUT2D eigenvalue weighted by Crippen LogP contribution is 2.28. The van der Waals surface area contributed by atoms with E-state index in [1.54, 1.807) is 10.6 Å². The minimum atomic E-state index is -0.606. The SMILES string of the molecule is CC(C)(C)Cn1c(O)c(C(=O)NC2CC2)c(=O)n2nc(N3CC[C@@H](N)C3)cc12. The molecule has 3 heterocycles. The Morgan fingerprint density at radius 3 is 2.64 bits per heavy atom. The molecule has 152 valence electrons. The molecule has 0 unspecified atom stereocenters. The van der Waals surface area contributed by atoms with Gasteiger partial charge in [0.2, 0.25) is 5.88 Å². The minimum Gasteiger partial charge on any atom is -0.494 e. The quantitative estimate of drug-likeness (QED) is 0.709. The maximum atomic E-state index is 13.0. The van der Waals surface area contributed by atoms with Crippen LogP contribution in [0.5, 0.6) is 5.88 Å². The number of nitrogens with two attached hydrogens (primary N) is 1. The van der Waals surface area contributed by atoms with Gasteiger partial charge in [-0.1, -0.05) is 20.8 Å². The third-order valence-corrected chi connectivity index (χ3v) is 5.16. The summed E-state index contributed by atoms with van der Waals surface area (Å²) in [6.45, 7) is 7.94. The smallest absolute Gasteiger partial charge is 0.291 e. The average molecular weight is 388 g/mol. The minimum absolute atomic E-state index is 0.0755. The van der Waals surface area contributed by atoms with Crippen LogP contribution >= 0.6 is 0 Å². The molecule has 28 heavy (non-hydrogen) atoms. The number of aromatic nitrogens is 3. The lowest BCUT2D eigenvalue weighted by Gasteiger charge is -2.23. The molecule has 0 radical (unpaired) electrons. The molecule has 1 saturated heterocycles. The van der Waals surface area contributed by atoms with Gasteiger partial charge in [-0.15, -0.1) is 5.10 Å². The van der Waals surface area contributed by atoms with Gasteiger partial charge in [0.05, 0.1) is 0 Å². The molecule has 9 nitrogen and oxygen atoms in total. The molecule has 2 aromatic heterocycles. The number of aromatic hydroxyl groups is 1. The number of nitrogens with zero attached hydrogens (tertiary/aromatic N) is 4. The van der Waals surface area contributed by atoms with Crippen LogP contribution in [0.25, 0.3) is 5.65 Å². The number of anilines is 1. The predicted molar refractivity (Wildman–Crippen MR) is 106 cm³/mol. The monoisotopic (exact) mass is 388 g/mol. The molecule has 0 aromatic carbocycles. The van der Waals surface area contributed by atoms with Gasteiger partial charge in [0.1, 0.15) is 5.65 Å². The molecule has 2 aromatic rings. The second-order valence-electron chi connectivity index (χ2n) is 9.17. The van der Waals surface area contributed by atoms with Crippen molar-refractivity contribution in [2.75, 3.05) is 18.0 Å². The molecule has 0 bridgehead atoms. The lowest BCUT2D eigenvalue weighted by Crippen LogP contribution is -2.35. The van der Waals surface area contributed by atoms with Crippen molar-refractivity contribution in [2.45, 2.75) is 58.7 Å². The van der Waals surface area contributed by atoms with E-state index in [9.17, 15) is 14.7 Å². The molecule has 1 saturated carbocycles. The molecule has 1 aliphatic carbocycles. The van der Waals surface area contributed by atoms with Crippen LogP contribution in [0.4, 0.5) is 5.82 Å². The lowest BCUT2D eigenvalue weighted by atomic mass is 9.96. The number of fused-ring (bicyclic) bond motifs is 1. The van der Waals surface area contributed by atoms with Crippen molar-refractivity contribution in [2.24, 2.45) is 11.1 Å². The van der Waals surface area contributed by atoms with Gasteiger partial charge in [0.25, 0.3) is 11.5 Å². The summed E-state index contributed by atoms with van der Waals surface area (Å²) in [6.07, 6.45) is 2.65. The van der Waals surface area contributed by atoms with E-state index in [0.717, 1.165) is 25.8 Å². The highest BCUT2D eigenvalue weighted by molar-refractivity contribution is 5.96. The number of carbonyl (C=O) groups is 1. The zero-order valence-electron chi connectivity index (χ0n) is 16.6. The molecule has 9 heteroatoms. The number of carbonyl (C=O) groups excluding carboxylic acids is 1. The summed E-state index contributed by atoms with van der Waals surface area (Å²) < 4.78 is 2.84. The first-order valence-corrected chi connectivity index (χ1v) is 9.81. The molecule has 4 N–H and O–H groups in total. The van der Waals surface area contributed by atoms with Gasteiger partial charge in [-0.2, -0.15) is 4.52 Å². The van der Waals surface area contributed by atoms with Crippen LogP contribution in [0.1, 0.15) is 50.4 Å². The third kappa shape index (κ3) is 3.46. The Morgan fingerprint density at radius 2 is 2.07 bits per heavy atom. The zero-order chi connectivity index (χ0) is 20.2. The van der Waals surface area contributed by atoms with E-state index in [1.165, 1.54) is 4.52 Å². The summed E-state index contributed by atoms with van der Waals surface area (Å²) in [6, 6.07) is 1.94. The molecule has 0 spiro atoms. The van der Waals surface area contributed by atoms with Crippen LogP contribution in [0.3, 0.4) is 0 Å². The first kappa shape index (κ1) is 18.8. The van der Waals surface area contributed by atoms with E-state index >= 15 is 0 Å². The Labute approximate surface area is 163 Å². The standard InChI is InChI=1S/C19H28N6O3/c1-19(2,3)10-24-14-8-13(23-7-6-11(20)9-23)22-25(14)18(28)15(17(24)27)16(26)21-12-4-5-12/h8,11-12,27H,4-7,9-10,20H2,1-3H3,(H,21,26)/t11-/m1/s1. The van der Waals surface area contributed by atoms with E-state index in [0.29, 0.717) is 24.6 Å². The molecule has 1 atom stereocenters. The lowest BCUT2D eigenvalue weighted by molar-refractivity contribution is 0.0944. The third-order valence-electron chi connectivity index (χ3n) is 5.16. The molecule has 1 aliphatic heterocycles. The molecule has 4 rings (SSSR count). The van der Waals surface area contributed by atoms with Crippen LogP contribution in [0.2, 0.25) is 0 Å². The van der Waals surface area contributed by atoms with E-state index < -0.39 is 11.5 Å². The van der Waals surface area contributed by atoms with Crippen LogP contribution in [-0.2, 0) is 6.54 Å². The number of hydrogen-bond donors (Lipinski definition) is 3. The fourth-order valence-corrected chi connectivity index (χ4v) is 3.61. The number of rotatable bonds is 4. The zero-order valence-corrected chi connectivity index (χ0v) is 16.6. The Balaban J connectivity index is 1.87. The first-order valence-electron chi connectivity index (χ1n) is 9.81. The van der Waals surface area contributed by atoms with E-state index in [1.807, 2.05) is 25.7 Å². The van der Waals surface area contributed by atoms with Gasteiger partial charge < -0.3 is 21.1 Å². The van der Waals surface area contributed by atoms with Gasteiger partial charge in [0, 0.05) is 37.8 Å². The average Bonchev–Trinajstić information content (AvgIpc) is 3.12. The maximum absolute atomic E-state index is 13.0. The van der Waals surface area contributed by atoms with Gasteiger partial charge >= 0.3 is 0 Å². The highest BCUT2D eigenvalue weighted by atomic mass is 16.3. The molecular formula is C19H28N6O3. The topological polar surface area (TPSA) is 118 Å². The maximum Gasteiger partial charge on any atom is 0.291 e. The van der Waals surface area contributed by atoms with Crippen LogP contribution < -0.4 is 21.5 Å². The van der Waals surface area contributed by atoms with Crippen molar-refractivity contribution >= 4 is 17.4 Å². The molecule has 1 amide bonds. The second-order valence-corrected chi connectivity index (χ2v) is 9.17. The van der Waals surface area contributed by atoms with Crippen molar-refractivity contribution in [3.63, 3.8) is 0 Å². The summed E-state index contributed by atoms with van der Waals surface area (Å²) in [5.41, 5.74) is 5.43. The Bertz CT molecular complexity index is 982. The number of hydrogen-bond acceptors (Lipinski definition) is 6. The number of amides is 1. The Hall–Kier alpha value is -2.55. The van der Waals surface area contributed by atoms with E-state index in [-0.39, 0.29) is 28.9 Å². The van der Waals surface area contributed by atoms with E-state index in [2.05, 4.69) is 10.4 Å². The van der Waals surface area contributed by atoms with Crippen LogP contribution in [-0.4, -0.2) is 50.4 Å². The van der Waals surface area contributed by atoms with Gasteiger partial charge in [-0.3, -0.25) is 14.2 Å². The van der Waals surface area contributed by atoms with Gasteiger partial charge in [0.15, 0.2) is 11.4 Å². The van der Waals surface area contributed by atoms with Crippen LogP contribution in [0, 0.1) is 5.41 Å². The van der Waals surface area contributed by atoms with Crippen molar-refractivity contribution in [1.29, 1.82) is 0 Å². The summed E-state index contributed by atoms with van der Waals surface area (Å²) in [7, 11) is 0. The van der Waals surface area contributed by atoms with Gasteiger partial charge in [-0.05, 0) is 24.7 Å². The Kier molecular flexibility index (Phi) is 4.37. The molecular weight excluding hydrogens is 360 g/mol. The molecule has 2 aliphatic rings. The van der Waals surface area contributed by atoms with Crippen LogP contribution in [0.15, 0.2) is 10.9 Å². The van der Waals surface area contributed by atoms with E-state index in [4.69, 9.17) is 5.73 Å². The largest absolute Gasteiger partial charge is 0.494 e. The van der Waals surface area contributed by atoms with Gasteiger partial charge in [-0.25, -0.2) is 0 Å². The summed E-state index contributed by atoms with van der Waals surface area (Å²) >= 11 is 0. The number of nitrogens with one attached hydrogen (secondary N) is 1. The highest BCUT2D eigenvalue weighted by Gasteiger charge is 2.31. The predicted octanol–water partition coefficient (Wildman–Crippen LogP) is 0.677. The fourth-order valence-electron chi connectivity index (χ4n) is 3.61. The van der Waals surface area contributed by atoms with Crippen molar-refractivity contribution in [1.82, 2.24) is 19.5 Å². The Morgan fingerprint density at radius 1 is 1.36 bits per heavy atom. The fraction of sp³-hybridized carbons (Fsp3) is 0.632. The summed E-state index contributed by atoms with van der Waals surface area (Å²) in [5.74, 6) is -0.225. The first-order chi connectivity index (χ1) is 13.1. The van der Waals surface area contributed by atoms with Crippen molar-refractivity contribution in [3.05, 3.63) is 22.0 Å². The normalized spacial score (nSPS) is 20.1. The summed E-state index contributed by atoms with van der Waals surface area (Å²) in [4.78, 5) is 27.7. The summed E-state index contributed by atoms with van der Waals surface area (Å²) in [5, 5.41) is 18.1. The van der Waals surface area contributed by atoms with Crippen molar-refractivity contribution < 1.29 is 9.90 Å². The second kappa shape index (κ2) is 6.51. The molecule has 2 fully saturated rings. The van der Waals surface area contributed by atoms with Crippen molar-refractivity contribution in [3.8, 4) is 5.88 Å².